The van der Waals surface area contributed by atoms with Gasteiger partial charge in [0.2, 0.25) is 5.15 Å². The van der Waals surface area contributed by atoms with Crippen LogP contribution in [-0.4, -0.2) is 33.3 Å². The van der Waals surface area contributed by atoms with Gasteiger partial charge >= 0.3 is 5.69 Å². The SMILES string of the molecule is CCCCN(C(=O)c1ccnc(Cl)c1[N+](=O)[O-])C(C)CC. The number of nitro groups is 1. The maximum absolute atomic E-state index is 12.7. The van der Waals surface area contributed by atoms with Crippen molar-refractivity contribution < 1.29 is 9.72 Å². The van der Waals surface area contributed by atoms with Crippen molar-refractivity contribution in [1.29, 1.82) is 0 Å². The third kappa shape index (κ3) is 4.14. The van der Waals surface area contributed by atoms with Crippen LogP contribution in [-0.2, 0) is 0 Å². The lowest BCUT2D eigenvalue weighted by atomic mass is 10.1. The number of hydrogen-bond donors (Lipinski definition) is 0. The van der Waals surface area contributed by atoms with Gasteiger partial charge in [-0.05, 0) is 25.8 Å². The fourth-order valence-corrected chi connectivity index (χ4v) is 2.23. The van der Waals surface area contributed by atoms with Crippen molar-refractivity contribution in [3.05, 3.63) is 33.1 Å². The number of amides is 1. The van der Waals surface area contributed by atoms with Gasteiger partial charge in [-0.2, -0.15) is 0 Å². The fraction of sp³-hybridized carbons (Fsp3) is 0.571. The molecule has 7 heteroatoms. The number of nitrogens with zero attached hydrogens (tertiary/aromatic N) is 3. The molecule has 0 radical (unpaired) electrons. The summed E-state index contributed by atoms with van der Waals surface area (Å²) >= 11 is 5.77. The summed E-state index contributed by atoms with van der Waals surface area (Å²) in [6.07, 6.45) is 3.89. The second-order valence-corrected chi connectivity index (χ2v) is 5.22. The normalized spacial score (nSPS) is 12.0. The predicted octanol–water partition coefficient (Wildman–Crippen LogP) is 3.68. The fourth-order valence-electron chi connectivity index (χ4n) is 2.00. The summed E-state index contributed by atoms with van der Waals surface area (Å²) in [6.45, 7) is 6.51. The van der Waals surface area contributed by atoms with Crippen molar-refractivity contribution >= 4 is 23.2 Å². The Hall–Kier alpha value is -1.69. The van der Waals surface area contributed by atoms with Crippen LogP contribution >= 0.6 is 11.6 Å². The summed E-state index contributed by atoms with van der Waals surface area (Å²) in [5.74, 6) is -0.367. The number of aromatic nitrogens is 1. The average Bonchev–Trinajstić information content (AvgIpc) is 2.46. The van der Waals surface area contributed by atoms with Crippen molar-refractivity contribution in [2.75, 3.05) is 6.54 Å². The van der Waals surface area contributed by atoms with Crippen LogP contribution in [0, 0.1) is 10.1 Å². The molecule has 1 unspecified atom stereocenters. The molecule has 0 aromatic carbocycles. The minimum absolute atomic E-state index is 0.00333. The first-order valence-electron chi connectivity index (χ1n) is 7.03. The van der Waals surface area contributed by atoms with E-state index in [9.17, 15) is 14.9 Å². The highest BCUT2D eigenvalue weighted by Crippen LogP contribution is 2.27. The molecule has 1 heterocycles. The first kappa shape index (κ1) is 17.4. The molecule has 1 rings (SSSR count). The number of unbranched alkanes of at least 4 members (excludes halogenated alkanes) is 1. The van der Waals surface area contributed by atoms with Gasteiger partial charge in [-0.3, -0.25) is 14.9 Å². The van der Waals surface area contributed by atoms with Crippen LogP contribution in [0.5, 0.6) is 0 Å². The highest BCUT2D eigenvalue weighted by molar-refractivity contribution is 6.32. The largest absolute Gasteiger partial charge is 0.336 e. The summed E-state index contributed by atoms with van der Waals surface area (Å²) in [5, 5.41) is 10.9. The molecule has 0 bridgehead atoms. The molecule has 0 saturated carbocycles. The molecule has 21 heavy (non-hydrogen) atoms. The molecule has 1 aromatic rings. The first-order valence-corrected chi connectivity index (χ1v) is 7.41. The average molecular weight is 314 g/mol. The van der Waals surface area contributed by atoms with Gasteiger partial charge < -0.3 is 4.90 Å². The summed E-state index contributed by atoms with van der Waals surface area (Å²) in [7, 11) is 0. The Labute approximate surface area is 129 Å². The van der Waals surface area contributed by atoms with Gasteiger partial charge in [0, 0.05) is 18.8 Å². The summed E-state index contributed by atoms with van der Waals surface area (Å²) < 4.78 is 0. The zero-order chi connectivity index (χ0) is 16.0. The van der Waals surface area contributed by atoms with E-state index in [1.807, 2.05) is 20.8 Å². The van der Waals surface area contributed by atoms with E-state index in [0.717, 1.165) is 19.3 Å². The zero-order valence-corrected chi connectivity index (χ0v) is 13.3. The summed E-state index contributed by atoms with van der Waals surface area (Å²) in [6, 6.07) is 1.36. The Morgan fingerprint density at radius 2 is 2.19 bits per heavy atom. The lowest BCUT2D eigenvalue weighted by molar-refractivity contribution is -0.385. The van der Waals surface area contributed by atoms with E-state index in [4.69, 9.17) is 11.6 Å². The molecular weight excluding hydrogens is 294 g/mol. The maximum Gasteiger partial charge on any atom is 0.319 e. The number of rotatable bonds is 7. The Kier molecular flexibility index (Phi) is 6.55. The number of hydrogen-bond acceptors (Lipinski definition) is 4. The molecule has 0 aliphatic heterocycles. The van der Waals surface area contributed by atoms with Crippen LogP contribution < -0.4 is 0 Å². The molecule has 116 valence electrons. The molecular formula is C14H20ClN3O3. The molecule has 6 nitrogen and oxygen atoms in total. The van der Waals surface area contributed by atoms with E-state index in [0.29, 0.717) is 6.54 Å². The van der Waals surface area contributed by atoms with Gasteiger partial charge in [0.1, 0.15) is 5.56 Å². The van der Waals surface area contributed by atoms with Gasteiger partial charge in [0.25, 0.3) is 5.91 Å². The monoisotopic (exact) mass is 313 g/mol. The smallest absolute Gasteiger partial charge is 0.319 e. The van der Waals surface area contributed by atoms with E-state index in [1.54, 1.807) is 4.90 Å². The van der Waals surface area contributed by atoms with E-state index >= 15 is 0 Å². The third-order valence-electron chi connectivity index (χ3n) is 3.43. The minimum atomic E-state index is -0.656. The third-order valence-corrected chi connectivity index (χ3v) is 3.71. The highest BCUT2D eigenvalue weighted by atomic mass is 35.5. The first-order chi connectivity index (χ1) is 9.93. The van der Waals surface area contributed by atoms with E-state index in [2.05, 4.69) is 4.98 Å². The molecule has 1 amide bonds. The summed E-state index contributed by atoms with van der Waals surface area (Å²) in [5.41, 5.74) is -0.426. The van der Waals surface area contributed by atoms with Crippen LogP contribution in [0.2, 0.25) is 5.15 Å². The molecule has 0 aliphatic carbocycles. The van der Waals surface area contributed by atoms with E-state index in [1.165, 1.54) is 12.3 Å². The number of carbonyl (C=O) groups is 1. The van der Waals surface area contributed by atoms with Gasteiger partial charge in [0.05, 0.1) is 4.92 Å². The van der Waals surface area contributed by atoms with Crippen LogP contribution in [0.3, 0.4) is 0 Å². The van der Waals surface area contributed by atoms with Gasteiger partial charge in [0.15, 0.2) is 0 Å². The van der Waals surface area contributed by atoms with Crippen LogP contribution in [0.1, 0.15) is 50.4 Å². The van der Waals surface area contributed by atoms with E-state index < -0.39 is 10.6 Å². The van der Waals surface area contributed by atoms with Crippen LogP contribution in [0.15, 0.2) is 12.3 Å². The minimum Gasteiger partial charge on any atom is -0.336 e. The Bertz CT molecular complexity index is 522. The molecule has 0 aliphatic rings. The molecule has 0 N–H and O–H groups in total. The lowest BCUT2D eigenvalue weighted by Crippen LogP contribution is -2.39. The Morgan fingerprint density at radius 1 is 1.52 bits per heavy atom. The molecule has 1 aromatic heterocycles. The number of carbonyl (C=O) groups excluding carboxylic acids is 1. The molecule has 0 spiro atoms. The van der Waals surface area contributed by atoms with Crippen molar-refractivity contribution in [2.24, 2.45) is 0 Å². The lowest BCUT2D eigenvalue weighted by Gasteiger charge is -2.28. The second kappa shape index (κ2) is 7.93. The second-order valence-electron chi connectivity index (χ2n) is 4.86. The zero-order valence-electron chi connectivity index (χ0n) is 12.5. The van der Waals surface area contributed by atoms with Crippen molar-refractivity contribution in [2.45, 2.75) is 46.1 Å². The quantitative estimate of drug-likeness (QED) is 0.437. The Balaban J connectivity index is 3.20. The standard InChI is InChI=1S/C14H20ClN3O3/c1-4-6-9-17(10(3)5-2)14(19)11-7-8-16-13(15)12(11)18(20)21/h7-8,10H,4-6,9H2,1-3H3. The predicted molar refractivity (Wildman–Crippen MR) is 81.6 cm³/mol. The topological polar surface area (TPSA) is 76.3 Å². The molecule has 1 atom stereocenters. The number of halogens is 1. The van der Waals surface area contributed by atoms with Gasteiger partial charge in [-0.15, -0.1) is 0 Å². The molecule has 0 saturated heterocycles. The van der Waals surface area contributed by atoms with E-state index in [-0.39, 0.29) is 22.7 Å². The van der Waals surface area contributed by atoms with Crippen LogP contribution in [0.4, 0.5) is 5.69 Å². The summed E-state index contributed by atoms with van der Waals surface area (Å²) in [4.78, 5) is 28.5. The highest BCUT2D eigenvalue weighted by Gasteiger charge is 2.29. The molecule has 0 fully saturated rings. The maximum atomic E-state index is 12.7. The van der Waals surface area contributed by atoms with Gasteiger partial charge in [-0.1, -0.05) is 31.9 Å². The van der Waals surface area contributed by atoms with Crippen LogP contribution in [0.25, 0.3) is 0 Å². The van der Waals surface area contributed by atoms with Crippen molar-refractivity contribution in [3.8, 4) is 0 Å². The Morgan fingerprint density at radius 3 is 2.71 bits per heavy atom. The van der Waals surface area contributed by atoms with Crippen molar-refractivity contribution in [1.82, 2.24) is 9.88 Å². The van der Waals surface area contributed by atoms with Gasteiger partial charge in [-0.25, -0.2) is 4.98 Å². The number of pyridine rings is 1. The van der Waals surface area contributed by atoms with Crippen molar-refractivity contribution in [3.63, 3.8) is 0 Å².